The highest BCUT2D eigenvalue weighted by atomic mass is 16.7. The zero-order valence-corrected chi connectivity index (χ0v) is 7.49. The Hall–Kier alpha value is -1.10. The van der Waals surface area contributed by atoms with Crippen molar-refractivity contribution in [1.29, 1.82) is 0 Å². The maximum absolute atomic E-state index is 11.0. The number of hydrogen-bond acceptors (Lipinski definition) is 4. The lowest BCUT2D eigenvalue weighted by atomic mass is 10.3. The van der Waals surface area contributed by atoms with Gasteiger partial charge in [0.25, 0.3) is 0 Å². The van der Waals surface area contributed by atoms with E-state index in [0.717, 1.165) is 5.06 Å². The predicted molar refractivity (Wildman–Crippen MR) is 41.0 cm³/mol. The van der Waals surface area contributed by atoms with Gasteiger partial charge in [0.05, 0.1) is 20.6 Å². The number of hydroxylamine groups is 2. The molecule has 5 nitrogen and oxygen atoms in total. The van der Waals surface area contributed by atoms with Gasteiger partial charge in [-0.05, 0) is 0 Å². The Bertz CT molecular complexity index is 169. The normalized spacial score (nSPS) is 9.25. The first-order valence-corrected chi connectivity index (χ1v) is 3.49. The number of carbonyl (C=O) groups is 2. The first kappa shape index (κ1) is 10.9. The molecule has 0 saturated heterocycles. The highest BCUT2D eigenvalue weighted by Gasteiger charge is 2.10. The molecule has 0 aromatic heterocycles. The Morgan fingerprint density at radius 3 is 2.25 bits per heavy atom. The van der Waals surface area contributed by atoms with Crippen molar-refractivity contribution in [3.63, 3.8) is 0 Å². The molecule has 0 fully saturated rings. The zero-order valence-electron chi connectivity index (χ0n) is 7.49. The fourth-order valence-electron chi connectivity index (χ4n) is 0.570. The summed E-state index contributed by atoms with van der Waals surface area (Å²) in [5, 5.41) is 1.07. The molecule has 0 heterocycles. The maximum Gasteiger partial charge on any atom is 0.306 e. The van der Waals surface area contributed by atoms with E-state index < -0.39 is 5.97 Å². The minimum Gasteiger partial charge on any atom is -0.469 e. The van der Waals surface area contributed by atoms with E-state index in [0.29, 0.717) is 0 Å². The largest absolute Gasteiger partial charge is 0.469 e. The highest BCUT2D eigenvalue weighted by molar-refractivity contribution is 5.80. The molecule has 0 aliphatic heterocycles. The van der Waals surface area contributed by atoms with Crippen LogP contribution in [0.15, 0.2) is 0 Å². The van der Waals surface area contributed by atoms with Crippen LogP contribution in [-0.2, 0) is 19.2 Å². The smallest absolute Gasteiger partial charge is 0.306 e. The molecule has 70 valence electrons. The van der Waals surface area contributed by atoms with Crippen LogP contribution >= 0.6 is 0 Å². The van der Waals surface area contributed by atoms with E-state index >= 15 is 0 Å². The molecule has 0 spiro atoms. The van der Waals surface area contributed by atoms with Gasteiger partial charge in [0.1, 0.15) is 0 Å². The molecule has 0 radical (unpaired) electrons. The van der Waals surface area contributed by atoms with Crippen molar-refractivity contribution in [2.45, 2.75) is 12.8 Å². The molecule has 0 N–H and O–H groups in total. The van der Waals surface area contributed by atoms with Crippen LogP contribution in [0.25, 0.3) is 0 Å². The lowest BCUT2D eigenvalue weighted by molar-refractivity contribution is -0.169. The van der Waals surface area contributed by atoms with E-state index in [2.05, 4.69) is 9.57 Å². The fourth-order valence-corrected chi connectivity index (χ4v) is 0.570. The molecular weight excluding hydrogens is 162 g/mol. The summed E-state index contributed by atoms with van der Waals surface area (Å²) in [5.41, 5.74) is 0. The van der Waals surface area contributed by atoms with Crippen LogP contribution in [0.1, 0.15) is 12.8 Å². The predicted octanol–water partition coefficient (Wildman–Crippen LogP) is -0.0406. The Balaban J connectivity index is 3.64. The first-order chi connectivity index (χ1) is 5.61. The minimum absolute atomic E-state index is 0.0863. The van der Waals surface area contributed by atoms with E-state index in [1.807, 2.05) is 0 Å². The van der Waals surface area contributed by atoms with E-state index in [1.54, 1.807) is 0 Å². The van der Waals surface area contributed by atoms with E-state index in [1.165, 1.54) is 21.3 Å². The second-order valence-electron chi connectivity index (χ2n) is 2.15. The molecule has 0 aliphatic carbocycles. The summed E-state index contributed by atoms with van der Waals surface area (Å²) < 4.78 is 4.36. The first-order valence-electron chi connectivity index (χ1n) is 3.49. The molecule has 0 bridgehead atoms. The van der Waals surface area contributed by atoms with Gasteiger partial charge in [-0.1, -0.05) is 0 Å². The monoisotopic (exact) mass is 175 g/mol. The highest BCUT2D eigenvalue weighted by Crippen LogP contribution is 1.96. The van der Waals surface area contributed by atoms with Crippen molar-refractivity contribution in [3.05, 3.63) is 0 Å². The molecule has 1 amide bonds. The lowest BCUT2D eigenvalue weighted by Crippen LogP contribution is -2.25. The van der Waals surface area contributed by atoms with Crippen LogP contribution in [0.2, 0.25) is 0 Å². The molecule has 0 unspecified atom stereocenters. The molecule has 0 atom stereocenters. The van der Waals surface area contributed by atoms with Gasteiger partial charge in [-0.25, -0.2) is 5.06 Å². The Morgan fingerprint density at radius 2 is 1.83 bits per heavy atom. The summed E-state index contributed by atoms with van der Waals surface area (Å²) in [4.78, 5) is 26.2. The van der Waals surface area contributed by atoms with Crippen molar-refractivity contribution in [3.8, 4) is 0 Å². The van der Waals surface area contributed by atoms with Crippen LogP contribution in [0.4, 0.5) is 0 Å². The Labute approximate surface area is 71.2 Å². The quantitative estimate of drug-likeness (QED) is 0.444. The number of nitrogens with zero attached hydrogens (tertiary/aromatic N) is 1. The molecular formula is C7H13NO4. The van der Waals surface area contributed by atoms with Crippen LogP contribution in [0.3, 0.4) is 0 Å². The average molecular weight is 175 g/mol. The zero-order chi connectivity index (χ0) is 9.56. The van der Waals surface area contributed by atoms with Gasteiger partial charge in [0, 0.05) is 13.5 Å². The van der Waals surface area contributed by atoms with Crippen LogP contribution in [-0.4, -0.2) is 38.2 Å². The average Bonchev–Trinajstić information content (AvgIpc) is 2.11. The summed E-state index contributed by atoms with van der Waals surface area (Å²) in [6, 6.07) is 0. The summed E-state index contributed by atoms with van der Waals surface area (Å²) >= 11 is 0. The molecule has 12 heavy (non-hydrogen) atoms. The Morgan fingerprint density at radius 1 is 1.25 bits per heavy atom. The second-order valence-corrected chi connectivity index (χ2v) is 2.15. The molecule has 0 rings (SSSR count). The molecule has 5 heteroatoms. The third-order valence-electron chi connectivity index (χ3n) is 1.40. The van der Waals surface area contributed by atoms with Crippen LogP contribution < -0.4 is 0 Å². The molecule has 0 aromatic rings. The van der Waals surface area contributed by atoms with Crippen LogP contribution in [0.5, 0.6) is 0 Å². The maximum atomic E-state index is 11.0. The van der Waals surface area contributed by atoms with Crippen molar-refractivity contribution >= 4 is 11.9 Å². The van der Waals surface area contributed by atoms with Gasteiger partial charge in [0.15, 0.2) is 0 Å². The van der Waals surface area contributed by atoms with Crippen molar-refractivity contribution < 1.29 is 19.2 Å². The second kappa shape index (κ2) is 5.54. The van der Waals surface area contributed by atoms with E-state index in [9.17, 15) is 9.59 Å². The van der Waals surface area contributed by atoms with Gasteiger partial charge in [0.2, 0.25) is 5.91 Å². The number of rotatable bonds is 4. The topological polar surface area (TPSA) is 55.8 Å². The van der Waals surface area contributed by atoms with Gasteiger partial charge >= 0.3 is 5.97 Å². The minimum atomic E-state index is -0.396. The number of esters is 1. The third-order valence-corrected chi connectivity index (χ3v) is 1.40. The third kappa shape index (κ3) is 3.92. The van der Waals surface area contributed by atoms with Crippen LogP contribution in [0, 0.1) is 0 Å². The van der Waals surface area contributed by atoms with Gasteiger partial charge < -0.3 is 4.74 Å². The summed E-state index contributed by atoms with van der Waals surface area (Å²) in [6.45, 7) is 0. The number of ether oxygens (including phenoxy) is 1. The Kier molecular flexibility index (Phi) is 5.03. The van der Waals surface area contributed by atoms with Gasteiger partial charge in [-0.15, -0.1) is 0 Å². The number of carbonyl (C=O) groups excluding carboxylic acids is 2. The van der Waals surface area contributed by atoms with E-state index in [4.69, 9.17) is 0 Å². The SMILES string of the molecule is COC(=O)CCC(=O)N(C)OC. The number of amides is 1. The number of hydrogen-bond donors (Lipinski definition) is 0. The fraction of sp³-hybridized carbons (Fsp3) is 0.714. The summed E-state index contributed by atoms with van der Waals surface area (Å²) in [6.07, 6.45) is 0.194. The lowest BCUT2D eigenvalue weighted by Gasteiger charge is -2.12. The van der Waals surface area contributed by atoms with Crippen molar-refractivity contribution in [2.75, 3.05) is 21.3 Å². The molecule has 0 saturated carbocycles. The van der Waals surface area contributed by atoms with Gasteiger partial charge in [-0.3, -0.25) is 14.4 Å². The molecule has 0 aromatic carbocycles. The molecule has 0 aliphatic rings. The van der Waals surface area contributed by atoms with Gasteiger partial charge in [-0.2, -0.15) is 0 Å². The van der Waals surface area contributed by atoms with Crippen molar-refractivity contribution in [2.24, 2.45) is 0 Å². The van der Waals surface area contributed by atoms with Crippen molar-refractivity contribution in [1.82, 2.24) is 5.06 Å². The standard InChI is InChI=1S/C7H13NO4/c1-8(12-3)6(9)4-5-7(10)11-2/h4-5H2,1-3H3. The summed E-state index contributed by atoms with van der Waals surface area (Å²) in [7, 11) is 4.16. The number of methoxy groups -OCH3 is 1. The van der Waals surface area contributed by atoms with E-state index in [-0.39, 0.29) is 18.7 Å². The summed E-state index contributed by atoms with van der Waals surface area (Å²) in [5.74, 6) is -0.643.